The number of anilines is 1. The molecule has 0 aliphatic carbocycles. The summed E-state index contributed by atoms with van der Waals surface area (Å²) in [5.41, 5.74) is 0.480. The Labute approximate surface area is 99.2 Å². The van der Waals surface area contributed by atoms with Crippen LogP contribution in [0.1, 0.15) is 5.56 Å². The van der Waals surface area contributed by atoms with E-state index in [9.17, 15) is 22.8 Å². The van der Waals surface area contributed by atoms with Crippen LogP contribution >= 0.6 is 0 Å². The van der Waals surface area contributed by atoms with Gasteiger partial charge in [-0.15, -0.1) is 0 Å². The molecule has 0 heterocycles. The van der Waals surface area contributed by atoms with E-state index in [2.05, 4.69) is 0 Å². The summed E-state index contributed by atoms with van der Waals surface area (Å²) >= 11 is 0. The highest BCUT2D eigenvalue weighted by atomic mass is 19.4. The standard InChI is InChI=1S/C10H6F3N3O2/c11-10(12,13)8(17)16-9(18)15-7-3-1-6(5-14)2-4-7/h1-4H,(H2,15,16,17,18). The van der Waals surface area contributed by atoms with Crippen LogP contribution in [-0.4, -0.2) is 18.1 Å². The molecule has 1 aromatic carbocycles. The van der Waals surface area contributed by atoms with Crippen LogP contribution < -0.4 is 10.6 Å². The monoisotopic (exact) mass is 257 g/mol. The molecular formula is C10H6F3N3O2. The van der Waals surface area contributed by atoms with Crippen LogP contribution in [0.4, 0.5) is 23.7 Å². The second kappa shape index (κ2) is 5.18. The summed E-state index contributed by atoms with van der Waals surface area (Å²) in [4.78, 5) is 21.4. The zero-order chi connectivity index (χ0) is 13.8. The van der Waals surface area contributed by atoms with E-state index >= 15 is 0 Å². The van der Waals surface area contributed by atoms with Crippen molar-refractivity contribution in [1.82, 2.24) is 5.32 Å². The number of imide groups is 1. The van der Waals surface area contributed by atoms with Crippen LogP contribution in [0.15, 0.2) is 24.3 Å². The van der Waals surface area contributed by atoms with Gasteiger partial charge in [-0.1, -0.05) is 0 Å². The first-order valence-electron chi connectivity index (χ1n) is 4.52. The third-order valence-electron chi connectivity index (χ3n) is 1.76. The zero-order valence-corrected chi connectivity index (χ0v) is 8.71. The summed E-state index contributed by atoms with van der Waals surface area (Å²) in [5.74, 6) is -2.35. The third-order valence-corrected chi connectivity index (χ3v) is 1.76. The second-order valence-electron chi connectivity index (χ2n) is 3.10. The highest BCUT2D eigenvalue weighted by Gasteiger charge is 2.39. The molecule has 0 aromatic heterocycles. The van der Waals surface area contributed by atoms with Crippen molar-refractivity contribution >= 4 is 17.6 Å². The van der Waals surface area contributed by atoms with Crippen molar-refractivity contribution in [3.63, 3.8) is 0 Å². The van der Waals surface area contributed by atoms with Gasteiger partial charge < -0.3 is 5.32 Å². The molecule has 0 bridgehead atoms. The molecule has 1 aromatic rings. The predicted molar refractivity (Wildman–Crippen MR) is 54.4 cm³/mol. The lowest BCUT2D eigenvalue weighted by atomic mass is 10.2. The fraction of sp³-hybridized carbons (Fsp3) is 0.100. The maximum Gasteiger partial charge on any atom is 0.471 e. The van der Waals surface area contributed by atoms with Crippen molar-refractivity contribution in [2.24, 2.45) is 0 Å². The van der Waals surface area contributed by atoms with Gasteiger partial charge in [-0.25, -0.2) is 4.79 Å². The van der Waals surface area contributed by atoms with Crippen molar-refractivity contribution in [3.05, 3.63) is 29.8 Å². The van der Waals surface area contributed by atoms with Crippen LogP contribution in [0.5, 0.6) is 0 Å². The average molecular weight is 257 g/mol. The lowest BCUT2D eigenvalue weighted by molar-refractivity contribution is -0.172. The van der Waals surface area contributed by atoms with Gasteiger partial charge in [0, 0.05) is 5.69 Å². The number of amides is 3. The summed E-state index contributed by atoms with van der Waals surface area (Å²) < 4.78 is 35.5. The van der Waals surface area contributed by atoms with E-state index in [1.165, 1.54) is 24.3 Å². The smallest absolute Gasteiger partial charge is 0.308 e. The topological polar surface area (TPSA) is 82.0 Å². The van der Waals surface area contributed by atoms with Gasteiger partial charge in [0.05, 0.1) is 11.6 Å². The zero-order valence-electron chi connectivity index (χ0n) is 8.71. The van der Waals surface area contributed by atoms with Gasteiger partial charge in [0.15, 0.2) is 0 Å². The Morgan fingerprint density at radius 1 is 1.17 bits per heavy atom. The molecule has 0 saturated heterocycles. The number of nitriles is 1. The van der Waals surface area contributed by atoms with E-state index in [0.29, 0.717) is 5.56 Å². The van der Waals surface area contributed by atoms with Crippen molar-refractivity contribution < 1.29 is 22.8 Å². The number of carbonyl (C=O) groups is 2. The lowest BCUT2D eigenvalue weighted by Gasteiger charge is -2.08. The first-order chi connectivity index (χ1) is 8.32. The third kappa shape index (κ3) is 3.79. The van der Waals surface area contributed by atoms with Crippen LogP contribution in [0, 0.1) is 11.3 Å². The largest absolute Gasteiger partial charge is 0.471 e. The van der Waals surface area contributed by atoms with Crippen LogP contribution in [-0.2, 0) is 4.79 Å². The molecule has 5 nitrogen and oxygen atoms in total. The number of nitrogens with one attached hydrogen (secondary N) is 2. The van der Waals surface area contributed by atoms with Crippen LogP contribution in [0.25, 0.3) is 0 Å². The minimum atomic E-state index is -5.12. The van der Waals surface area contributed by atoms with Crippen molar-refractivity contribution in [2.75, 3.05) is 5.32 Å². The minimum Gasteiger partial charge on any atom is -0.308 e. The molecule has 0 spiro atoms. The van der Waals surface area contributed by atoms with E-state index in [4.69, 9.17) is 5.26 Å². The number of nitrogens with zero attached hydrogens (tertiary/aromatic N) is 1. The van der Waals surface area contributed by atoms with Gasteiger partial charge >= 0.3 is 18.1 Å². The number of benzene rings is 1. The van der Waals surface area contributed by atoms with Gasteiger partial charge in [-0.2, -0.15) is 18.4 Å². The molecule has 8 heteroatoms. The maximum atomic E-state index is 11.8. The highest BCUT2D eigenvalue weighted by Crippen LogP contribution is 2.14. The molecule has 0 radical (unpaired) electrons. The molecule has 0 saturated carbocycles. The number of urea groups is 1. The summed E-state index contributed by atoms with van der Waals surface area (Å²) in [7, 11) is 0. The van der Waals surface area contributed by atoms with Gasteiger partial charge in [0.1, 0.15) is 0 Å². The molecule has 0 aliphatic heterocycles. The first-order valence-corrected chi connectivity index (χ1v) is 4.52. The highest BCUT2D eigenvalue weighted by molar-refractivity contribution is 6.02. The number of hydrogen-bond donors (Lipinski definition) is 2. The van der Waals surface area contributed by atoms with Crippen molar-refractivity contribution in [2.45, 2.75) is 6.18 Å². The van der Waals surface area contributed by atoms with E-state index < -0.39 is 18.1 Å². The lowest BCUT2D eigenvalue weighted by Crippen LogP contribution is -2.42. The van der Waals surface area contributed by atoms with E-state index in [1.807, 2.05) is 11.4 Å². The molecular weight excluding hydrogens is 251 g/mol. The molecule has 2 N–H and O–H groups in total. The minimum absolute atomic E-state index is 0.154. The Morgan fingerprint density at radius 2 is 1.72 bits per heavy atom. The molecule has 94 valence electrons. The molecule has 1 rings (SSSR count). The molecule has 18 heavy (non-hydrogen) atoms. The van der Waals surface area contributed by atoms with Gasteiger partial charge in [0.2, 0.25) is 0 Å². The Morgan fingerprint density at radius 3 is 2.17 bits per heavy atom. The van der Waals surface area contributed by atoms with Crippen molar-refractivity contribution in [1.29, 1.82) is 5.26 Å². The maximum absolute atomic E-state index is 11.8. The molecule has 0 atom stereocenters. The number of halogens is 3. The Kier molecular flexibility index (Phi) is 3.89. The molecule has 3 amide bonds. The quantitative estimate of drug-likeness (QED) is 0.804. The number of carbonyl (C=O) groups excluding carboxylic acids is 2. The SMILES string of the molecule is N#Cc1ccc(NC(=O)NC(=O)C(F)(F)F)cc1. The van der Waals surface area contributed by atoms with Gasteiger partial charge in [0.25, 0.3) is 0 Å². The molecule has 0 unspecified atom stereocenters. The Bertz CT molecular complexity index is 503. The van der Waals surface area contributed by atoms with E-state index in [0.717, 1.165) is 5.32 Å². The summed E-state index contributed by atoms with van der Waals surface area (Å²) in [6.07, 6.45) is -5.12. The normalized spacial score (nSPS) is 10.3. The van der Waals surface area contributed by atoms with Gasteiger partial charge in [-0.05, 0) is 24.3 Å². The van der Waals surface area contributed by atoms with Crippen LogP contribution in [0.3, 0.4) is 0 Å². The Balaban J connectivity index is 2.60. The van der Waals surface area contributed by atoms with Gasteiger partial charge in [-0.3, -0.25) is 10.1 Å². The predicted octanol–water partition coefficient (Wildman–Crippen LogP) is 1.77. The number of rotatable bonds is 1. The summed E-state index contributed by atoms with van der Waals surface area (Å²) in [5, 5.41) is 11.6. The van der Waals surface area contributed by atoms with Crippen LogP contribution in [0.2, 0.25) is 0 Å². The Hall–Kier alpha value is -2.56. The summed E-state index contributed by atoms with van der Waals surface area (Å²) in [6.45, 7) is 0. The summed E-state index contributed by atoms with van der Waals surface area (Å²) in [6, 6.07) is 5.88. The fourth-order valence-corrected chi connectivity index (χ4v) is 0.964. The molecule has 0 fully saturated rings. The molecule has 0 aliphatic rings. The van der Waals surface area contributed by atoms with E-state index in [1.54, 1.807) is 0 Å². The first kappa shape index (κ1) is 13.5. The number of alkyl halides is 3. The second-order valence-corrected chi connectivity index (χ2v) is 3.10. The van der Waals surface area contributed by atoms with E-state index in [-0.39, 0.29) is 5.69 Å². The number of hydrogen-bond acceptors (Lipinski definition) is 3. The van der Waals surface area contributed by atoms with Crippen molar-refractivity contribution in [3.8, 4) is 6.07 Å². The average Bonchev–Trinajstić information content (AvgIpc) is 2.28. The fourth-order valence-electron chi connectivity index (χ4n) is 0.964.